The topological polar surface area (TPSA) is 84.9 Å². The molecule has 0 bridgehead atoms. The number of rotatable bonds is 6. The molecule has 2 N–H and O–H groups in total. The molecule has 1 aromatic carbocycles. The van der Waals surface area contributed by atoms with Gasteiger partial charge in [0.1, 0.15) is 12.2 Å². The van der Waals surface area contributed by atoms with Crippen LogP contribution in [0.1, 0.15) is 32.4 Å². The van der Waals surface area contributed by atoms with Crippen LogP contribution in [0.2, 0.25) is 0 Å². The number of carbonyl (C=O) groups excluding carboxylic acids is 1. The van der Waals surface area contributed by atoms with Crippen molar-refractivity contribution in [3.63, 3.8) is 0 Å². The zero-order chi connectivity index (χ0) is 16.8. The summed E-state index contributed by atoms with van der Waals surface area (Å²) >= 11 is 3.34. The molecule has 6 nitrogen and oxygen atoms in total. The fourth-order valence-corrected chi connectivity index (χ4v) is 1.89. The Hall–Kier alpha value is -1.60. The number of benzene rings is 1. The molecule has 7 heteroatoms. The van der Waals surface area contributed by atoms with Crippen molar-refractivity contribution in [2.24, 2.45) is 0 Å². The lowest BCUT2D eigenvalue weighted by molar-refractivity contribution is -0.142. The molecule has 0 heterocycles. The number of alkyl carbamates (subject to hydrolysis) is 1. The molecule has 0 aliphatic heterocycles. The Morgan fingerprint density at radius 2 is 1.86 bits per heavy atom. The Morgan fingerprint density at radius 3 is 2.36 bits per heavy atom. The van der Waals surface area contributed by atoms with E-state index in [9.17, 15) is 9.59 Å². The lowest BCUT2D eigenvalue weighted by Crippen LogP contribution is -2.37. The molecule has 1 rings (SSSR count). The van der Waals surface area contributed by atoms with Crippen LogP contribution < -0.4 is 5.32 Å². The highest BCUT2D eigenvalue weighted by Crippen LogP contribution is 2.18. The first kappa shape index (κ1) is 18.4. The summed E-state index contributed by atoms with van der Waals surface area (Å²) in [5.41, 5.74) is 0.176. The fraction of sp³-hybridized carbons (Fsp3) is 0.467. The highest BCUT2D eigenvalue weighted by Gasteiger charge is 2.21. The average Bonchev–Trinajstić information content (AvgIpc) is 2.36. The monoisotopic (exact) mass is 373 g/mol. The van der Waals surface area contributed by atoms with E-state index in [1.165, 1.54) is 0 Å². The Morgan fingerprint density at radius 1 is 1.27 bits per heavy atom. The molecule has 0 aliphatic rings. The van der Waals surface area contributed by atoms with E-state index in [0.29, 0.717) is 0 Å². The molecule has 1 amide bonds. The summed E-state index contributed by atoms with van der Waals surface area (Å²) < 4.78 is 11.2. The lowest BCUT2D eigenvalue weighted by Gasteiger charge is -2.24. The Bertz CT molecular complexity index is 510. The number of nitrogens with one attached hydrogen (secondary N) is 1. The predicted octanol–water partition coefficient (Wildman–Crippen LogP) is 3.12. The zero-order valence-electron chi connectivity index (χ0n) is 12.8. The van der Waals surface area contributed by atoms with Gasteiger partial charge in [-0.25, -0.2) is 9.59 Å². The highest BCUT2D eigenvalue weighted by molar-refractivity contribution is 9.10. The number of hydrogen-bond acceptors (Lipinski definition) is 4. The maximum absolute atomic E-state index is 11.9. The molecule has 1 aromatic rings. The zero-order valence-corrected chi connectivity index (χ0v) is 14.3. The second-order valence-electron chi connectivity index (χ2n) is 5.66. The van der Waals surface area contributed by atoms with E-state index in [-0.39, 0.29) is 6.61 Å². The van der Waals surface area contributed by atoms with Gasteiger partial charge in [-0.05, 0) is 38.5 Å². The molecule has 122 valence electrons. The molecule has 0 radical (unpaired) electrons. The van der Waals surface area contributed by atoms with Crippen LogP contribution in [0.4, 0.5) is 4.79 Å². The molecule has 22 heavy (non-hydrogen) atoms. The van der Waals surface area contributed by atoms with Gasteiger partial charge in [0.25, 0.3) is 0 Å². The molecule has 0 aliphatic carbocycles. The number of carboxylic acid groups (broad SMARTS) is 1. The van der Waals surface area contributed by atoms with Gasteiger partial charge in [-0.3, -0.25) is 0 Å². The van der Waals surface area contributed by atoms with Crippen LogP contribution >= 0.6 is 15.9 Å². The molecule has 0 aromatic heterocycles. The van der Waals surface area contributed by atoms with Crippen LogP contribution in [0.3, 0.4) is 0 Å². The van der Waals surface area contributed by atoms with Gasteiger partial charge in [0.2, 0.25) is 0 Å². The van der Waals surface area contributed by atoms with E-state index in [1.54, 1.807) is 20.8 Å². The van der Waals surface area contributed by atoms with Crippen molar-refractivity contribution in [3.05, 3.63) is 34.3 Å². The van der Waals surface area contributed by atoms with E-state index >= 15 is 0 Å². The summed E-state index contributed by atoms with van der Waals surface area (Å²) in [7, 11) is 0. The average molecular weight is 374 g/mol. The predicted molar refractivity (Wildman–Crippen MR) is 84.7 cm³/mol. The van der Waals surface area contributed by atoms with Gasteiger partial charge in [-0.15, -0.1) is 0 Å². The van der Waals surface area contributed by atoms with Gasteiger partial charge in [0.15, 0.2) is 0 Å². The van der Waals surface area contributed by atoms with Crippen LogP contribution in [-0.4, -0.2) is 36.0 Å². The maximum Gasteiger partial charge on any atom is 0.408 e. The van der Waals surface area contributed by atoms with Crippen molar-refractivity contribution in [2.75, 3.05) is 13.2 Å². The van der Waals surface area contributed by atoms with E-state index in [2.05, 4.69) is 21.2 Å². The molecule has 1 unspecified atom stereocenters. The Balaban J connectivity index is 2.75. The Labute approximate surface area is 137 Å². The minimum Gasteiger partial charge on any atom is -0.480 e. The number of ether oxygens (including phenoxy) is 2. The summed E-state index contributed by atoms with van der Waals surface area (Å²) in [6.07, 6.45) is -0.584. The van der Waals surface area contributed by atoms with Crippen molar-refractivity contribution in [2.45, 2.75) is 32.4 Å². The largest absolute Gasteiger partial charge is 0.480 e. The van der Waals surface area contributed by atoms with E-state index in [4.69, 9.17) is 14.6 Å². The summed E-state index contributed by atoms with van der Waals surface area (Å²) in [5, 5.41) is 11.3. The van der Waals surface area contributed by atoms with Gasteiger partial charge in [-0.2, -0.15) is 0 Å². The van der Waals surface area contributed by atoms with Gasteiger partial charge >= 0.3 is 12.1 Å². The second-order valence-corrected chi connectivity index (χ2v) is 6.57. The third-order valence-corrected chi connectivity index (χ3v) is 3.00. The van der Waals surface area contributed by atoms with E-state index < -0.39 is 30.3 Å². The molecular weight excluding hydrogens is 354 g/mol. The molecule has 0 saturated heterocycles. The van der Waals surface area contributed by atoms with Crippen LogP contribution in [0.25, 0.3) is 0 Å². The molecule has 1 atom stereocenters. The van der Waals surface area contributed by atoms with Crippen molar-refractivity contribution < 1.29 is 24.2 Å². The quantitative estimate of drug-likeness (QED) is 0.799. The van der Waals surface area contributed by atoms with Crippen LogP contribution in [0.15, 0.2) is 28.7 Å². The van der Waals surface area contributed by atoms with Crippen molar-refractivity contribution in [3.8, 4) is 0 Å². The van der Waals surface area contributed by atoms with Crippen LogP contribution in [0, 0.1) is 0 Å². The summed E-state index contributed by atoms with van der Waals surface area (Å²) in [6, 6.07) is 6.79. The first-order valence-corrected chi connectivity index (χ1v) is 7.51. The molecular formula is C15H20BrNO5. The van der Waals surface area contributed by atoms with E-state index in [1.807, 2.05) is 24.3 Å². The van der Waals surface area contributed by atoms with Crippen molar-refractivity contribution in [1.82, 2.24) is 5.32 Å². The van der Waals surface area contributed by atoms with Crippen LogP contribution in [-0.2, 0) is 14.3 Å². The first-order chi connectivity index (χ1) is 10.2. The van der Waals surface area contributed by atoms with Crippen molar-refractivity contribution >= 4 is 28.0 Å². The van der Waals surface area contributed by atoms with Gasteiger partial charge in [0, 0.05) is 4.47 Å². The summed E-state index contributed by atoms with van der Waals surface area (Å²) in [4.78, 5) is 22.4. The number of halogens is 1. The third-order valence-electron chi connectivity index (χ3n) is 2.47. The van der Waals surface area contributed by atoms with Crippen molar-refractivity contribution in [1.29, 1.82) is 0 Å². The highest BCUT2D eigenvalue weighted by atomic mass is 79.9. The fourth-order valence-electron chi connectivity index (χ4n) is 1.63. The van der Waals surface area contributed by atoms with E-state index in [0.717, 1.165) is 10.0 Å². The Kier molecular flexibility index (Phi) is 6.83. The summed E-state index contributed by atoms with van der Waals surface area (Å²) in [5.74, 6) is -1.06. The third kappa shape index (κ3) is 7.42. The van der Waals surface area contributed by atoms with Gasteiger partial charge in [-0.1, -0.05) is 28.1 Å². The number of carboxylic acids is 1. The minimum atomic E-state index is -1.06. The molecule has 0 fully saturated rings. The second kappa shape index (κ2) is 8.14. The molecule has 0 saturated carbocycles. The number of carbonyl (C=O) groups is 2. The SMILES string of the molecule is CC(C)(C)OC(=O)NC(COCC(=O)O)c1ccc(Br)cc1. The molecule has 0 spiro atoms. The van der Waals surface area contributed by atoms with Crippen LogP contribution in [0.5, 0.6) is 0 Å². The van der Waals surface area contributed by atoms with Gasteiger partial charge < -0.3 is 19.9 Å². The maximum atomic E-state index is 11.9. The minimum absolute atomic E-state index is 0.0349. The number of hydrogen-bond donors (Lipinski definition) is 2. The normalized spacial score (nSPS) is 12.5. The smallest absolute Gasteiger partial charge is 0.408 e. The summed E-state index contributed by atoms with van der Waals surface area (Å²) in [6.45, 7) is 4.91. The number of amides is 1. The number of aliphatic carboxylic acids is 1. The van der Waals surface area contributed by atoms with Gasteiger partial charge in [0.05, 0.1) is 12.6 Å². The standard InChI is InChI=1S/C15H20BrNO5/c1-15(2,3)22-14(20)17-12(8-21-9-13(18)19)10-4-6-11(16)7-5-10/h4-7,12H,8-9H2,1-3H3,(H,17,20)(H,18,19). The lowest BCUT2D eigenvalue weighted by atomic mass is 10.1. The first-order valence-electron chi connectivity index (χ1n) is 6.72.